The number of aliphatic hydroxyl groups excluding tert-OH is 1. The van der Waals surface area contributed by atoms with Crippen molar-refractivity contribution >= 4 is 17.6 Å². The molecule has 0 spiro atoms. The lowest BCUT2D eigenvalue weighted by molar-refractivity contribution is -0.150. The zero-order valence-corrected chi connectivity index (χ0v) is 8.44. The van der Waals surface area contributed by atoms with E-state index in [1.807, 2.05) is 0 Å². The average Bonchev–Trinajstić information content (AvgIpc) is 2.26. The first-order valence-corrected chi connectivity index (χ1v) is 4.51. The second-order valence-electron chi connectivity index (χ2n) is 2.68. The Morgan fingerprint density at radius 1 is 1.60 bits per heavy atom. The van der Waals surface area contributed by atoms with Gasteiger partial charge in [-0.05, 0) is 6.07 Å². The highest BCUT2D eigenvalue weighted by atomic mass is 35.5. The summed E-state index contributed by atoms with van der Waals surface area (Å²) >= 11 is 5.82. The topological polar surface area (TPSA) is 70.3 Å². The number of rotatable bonds is 3. The molecule has 0 fully saturated rings. The number of hydrogen-bond donors (Lipinski definition) is 1. The fourth-order valence-electron chi connectivity index (χ4n) is 1.02. The van der Waals surface area contributed by atoms with Crippen LogP contribution >= 0.6 is 11.6 Å². The molecule has 1 aromatic carbocycles. The van der Waals surface area contributed by atoms with Gasteiger partial charge in [0.2, 0.25) is 6.10 Å². The van der Waals surface area contributed by atoms with Gasteiger partial charge in [0, 0.05) is 10.6 Å². The minimum atomic E-state index is -1.08. The van der Waals surface area contributed by atoms with Crippen LogP contribution in [-0.2, 0) is 9.53 Å². The smallest absolute Gasteiger partial charge is 0.333 e. The molecule has 0 aromatic heterocycles. The van der Waals surface area contributed by atoms with E-state index in [4.69, 9.17) is 22.0 Å². The van der Waals surface area contributed by atoms with Crippen molar-refractivity contribution in [3.05, 3.63) is 34.9 Å². The number of halogens is 1. The lowest BCUT2D eigenvalue weighted by Crippen LogP contribution is -2.13. The summed E-state index contributed by atoms with van der Waals surface area (Å²) < 4.78 is 4.68. The molecule has 1 aromatic rings. The van der Waals surface area contributed by atoms with E-state index < -0.39 is 18.7 Å². The molecular weight excluding hydrogens is 218 g/mol. The number of carbonyl (C=O) groups is 1. The van der Waals surface area contributed by atoms with Crippen molar-refractivity contribution in [2.45, 2.75) is 6.10 Å². The van der Waals surface area contributed by atoms with Gasteiger partial charge in [-0.1, -0.05) is 29.8 Å². The van der Waals surface area contributed by atoms with Crippen LogP contribution in [-0.4, -0.2) is 17.7 Å². The van der Waals surface area contributed by atoms with Crippen LogP contribution in [0, 0.1) is 11.3 Å². The number of nitrogens with zero attached hydrogens (tertiary/aromatic N) is 1. The molecule has 0 heterocycles. The fraction of sp³-hybridized carbons (Fsp3) is 0.200. The zero-order chi connectivity index (χ0) is 11.3. The Hall–Kier alpha value is -1.57. The first-order chi connectivity index (χ1) is 7.19. The van der Waals surface area contributed by atoms with Crippen LogP contribution in [0.3, 0.4) is 0 Å². The predicted octanol–water partition coefficient (Wildman–Crippen LogP) is 1.44. The Labute approximate surface area is 91.7 Å². The first-order valence-electron chi connectivity index (χ1n) is 4.13. The monoisotopic (exact) mass is 225 g/mol. The summed E-state index contributed by atoms with van der Waals surface area (Å²) in [4.78, 5) is 10.8. The van der Waals surface area contributed by atoms with Crippen LogP contribution in [0.25, 0.3) is 0 Å². The molecule has 0 amide bonds. The van der Waals surface area contributed by atoms with Gasteiger partial charge in [-0.25, -0.2) is 4.79 Å². The van der Waals surface area contributed by atoms with E-state index in [2.05, 4.69) is 4.74 Å². The van der Waals surface area contributed by atoms with Gasteiger partial charge in [-0.2, -0.15) is 5.26 Å². The van der Waals surface area contributed by atoms with E-state index in [1.54, 1.807) is 30.3 Å². The molecule has 5 heteroatoms. The number of hydrogen-bond acceptors (Lipinski definition) is 4. The van der Waals surface area contributed by atoms with Crippen LogP contribution in [0.4, 0.5) is 0 Å². The third kappa shape index (κ3) is 2.94. The molecule has 1 atom stereocenters. The van der Waals surface area contributed by atoms with Gasteiger partial charge in [0.15, 0.2) is 0 Å². The largest absolute Gasteiger partial charge is 0.440 e. The molecule has 4 nitrogen and oxygen atoms in total. The van der Waals surface area contributed by atoms with Crippen molar-refractivity contribution in [3.8, 4) is 6.07 Å². The van der Waals surface area contributed by atoms with Crippen molar-refractivity contribution in [1.82, 2.24) is 0 Å². The summed E-state index contributed by atoms with van der Waals surface area (Å²) in [6.07, 6.45) is -1.08. The summed E-state index contributed by atoms with van der Waals surface area (Å²) in [5.41, 5.74) is 0.406. The standard InChI is InChI=1S/C10H8ClNO3/c11-8-4-2-1-3-7(8)9(5-12)15-10(14)6-13/h1-4,9,13H,6H2. The maximum atomic E-state index is 10.8. The van der Waals surface area contributed by atoms with Gasteiger partial charge in [-0.15, -0.1) is 0 Å². The predicted molar refractivity (Wildman–Crippen MR) is 53.0 cm³/mol. The van der Waals surface area contributed by atoms with Gasteiger partial charge < -0.3 is 9.84 Å². The van der Waals surface area contributed by atoms with E-state index in [0.29, 0.717) is 10.6 Å². The SMILES string of the molecule is N#CC(OC(=O)CO)c1ccccc1Cl. The van der Waals surface area contributed by atoms with Crippen LogP contribution in [0.2, 0.25) is 5.02 Å². The fourth-order valence-corrected chi connectivity index (χ4v) is 1.25. The molecule has 1 unspecified atom stereocenters. The number of nitriles is 1. The molecule has 15 heavy (non-hydrogen) atoms. The van der Waals surface area contributed by atoms with Crippen LogP contribution in [0.5, 0.6) is 0 Å². The van der Waals surface area contributed by atoms with Crippen molar-refractivity contribution in [2.24, 2.45) is 0 Å². The molecule has 0 aliphatic carbocycles. The number of esters is 1. The van der Waals surface area contributed by atoms with E-state index >= 15 is 0 Å². The van der Waals surface area contributed by atoms with Gasteiger partial charge in [-0.3, -0.25) is 0 Å². The minimum absolute atomic E-state index is 0.342. The second-order valence-corrected chi connectivity index (χ2v) is 3.09. The maximum Gasteiger partial charge on any atom is 0.333 e. The normalized spacial score (nSPS) is 11.5. The molecule has 1 rings (SSSR count). The van der Waals surface area contributed by atoms with Crippen molar-refractivity contribution in [2.75, 3.05) is 6.61 Å². The van der Waals surface area contributed by atoms with E-state index in [0.717, 1.165) is 0 Å². The Balaban J connectivity index is 2.89. The van der Waals surface area contributed by atoms with Crippen LogP contribution in [0.1, 0.15) is 11.7 Å². The Kier molecular flexibility index (Phi) is 4.10. The quantitative estimate of drug-likeness (QED) is 0.791. The summed E-state index contributed by atoms with van der Waals surface area (Å²) in [6, 6.07) is 8.34. The molecule has 0 saturated carbocycles. The van der Waals surface area contributed by atoms with E-state index in [-0.39, 0.29) is 0 Å². The highest BCUT2D eigenvalue weighted by molar-refractivity contribution is 6.31. The number of benzene rings is 1. The van der Waals surface area contributed by atoms with Crippen LogP contribution < -0.4 is 0 Å². The van der Waals surface area contributed by atoms with Crippen molar-refractivity contribution in [3.63, 3.8) is 0 Å². The Bertz CT molecular complexity index is 400. The molecular formula is C10H8ClNO3. The van der Waals surface area contributed by atoms with E-state index in [9.17, 15) is 4.79 Å². The first kappa shape index (κ1) is 11.5. The second kappa shape index (κ2) is 5.35. The molecule has 1 N–H and O–H groups in total. The van der Waals surface area contributed by atoms with Crippen molar-refractivity contribution in [1.29, 1.82) is 5.26 Å². The molecule has 0 aliphatic heterocycles. The summed E-state index contributed by atoms with van der Waals surface area (Å²) in [7, 11) is 0. The summed E-state index contributed by atoms with van der Waals surface area (Å²) in [5.74, 6) is -0.860. The Morgan fingerprint density at radius 3 is 2.80 bits per heavy atom. The number of aliphatic hydroxyl groups is 1. The molecule has 0 aliphatic rings. The highest BCUT2D eigenvalue weighted by Crippen LogP contribution is 2.24. The van der Waals surface area contributed by atoms with Gasteiger partial charge in [0.05, 0.1) is 0 Å². The lowest BCUT2D eigenvalue weighted by atomic mass is 10.1. The molecule has 0 saturated heterocycles. The number of carbonyl (C=O) groups excluding carboxylic acids is 1. The van der Waals surface area contributed by atoms with Crippen LogP contribution in [0.15, 0.2) is 24.3 Å². The average molecular weight is 226 g/mol. The Morgan fingerprint density at radius 2 is 2.27 bits per heavy atom. The third-order valence-corrected chi connectivity index (χ3v) is 2.03. The van der Waals surface area contributed by atoms with E-state index in [1.165, 1.54) is 0 Å². The number of ether oxygens (including phenoxy) is 1. The summed E-state index contributed by atoms with van der Waals surface area (Å²) in [5, 5.41) is 17.6. The molecule has 0 radical (unpaired) electrons. The van der Waals surface area contributed by atoms with Gasteiger partial charge in [0.1, 0.15) is 12.7 Å². The minimum Gasteiger partial charge on any atom is -0.440 e. The highest BCUT2D eigenvalue weighted by Gasteiger charge is 2.17. The van der Waals surface area contributed by atoms with Gasteiger partial charge >= 0.3 is 5.97 Å². The van der Waals surface area contributed by atoms with Gasteiger partial charge in [0.25, 0.3) is 0 Å². The zero-order valence-electron chi connectivity index (χ0n) is 7.68. The maximum absolute atomic E-state index is 10.8. The van der Waals surface area contributed by atoms with Crippen molar-refractivity contribution < 1.29 is 14.6 Å². The molecule has 0 bridgehead atoms. The third-order valence-electron chi connectivity index (χ3n) is 1.68. The lowest BCUT2D eigenvalue weighted by Gasteiger charge is -2.11. The molecule has 78 valence electrons. The summed E-state index contributed by atoms with van der Waals surface area (Å²) in [6.45, 7) is -0.761.